The molecule has 0 bridgehead atoms. The molecule has 1 saturated heterocycles. The summed E-state index contributed by atoms with van der Waals surface area (Å²) in [5, 5.41) is 0. The lowest BCUT2D eigenvalue weighted by Crippen LogP contribution is -2.45. The predicted octanol–water partition coefficient (Wildman–Crippen LogP) is 15.4. The molecule has 0 spiro atoms. The van der Waals surface area contributed by atoms with Crippen LogP contribution in [0.5, 0.6) is 0 Å². The van der Waals surface area contributed by atoms with Crippen molar-refractivity contribution in [2.24, 2.45) is 29.1 Å². The van der Waals surface area contributed by atoms with E-state index in [0.717, 1.165) is 69.7 Å². The van der Waals surface area contributed by atoms with E-state index in [4.69, 9.17) is 9.47 Å². The van der Waals surface area contributed by atoms with Crippen molar-refractivity contribution in [3.05, 3.63) is 23.3 Å². The van der Waals surface area contributed by atoms with E-state index in [2.05, 4.69) is 84.8 Å². The zero-order chi connectivity index (χ0) is 42.3. The largest absolute Gasteiger partial charge is 0.411 e. The highest BCUT2D eigenvalue weighted by Crippen LogP contribution is 2.33. The van der Waals surface area contributed by atoms with Gasteiger partial charge < -0.3 is 18.9 Å². The van der Waals surface area contributed by atoms with Crippen LogP contribution < -0.4 is 0 Å². The monoisotopic (exact) mass is 801 g/mol. The summed E-state index contributed by atoms with van der Waals surface area (Å²) in [6.45, 7) is 23.8. The molecule has 0 N–H and O–H groups in total. The second kappa shape index (κ2) is 26.8. The first kappa shape index (κ1) is 53.9. The van der Waals surface area contributed by atoms with Crippen LogP contribution >= 0.6 is 0 Å². The van der Waals surface area contributed by atoms with E-state index in [1.54, 1.807) is 0 Å². The summed E-state index contributed by atoms with van der Waals surface area (Å²) in [7, 11) is 0. The minimum Gasteiger partial charge on any atom is -0.350 e. The highest BCUT2D eigenvalue weighted by molar-refractivity contribution is 4.99. The number of hydrogen-bond acceptors (Lipinski definition) is 4. The summed E-state index contributed by atoms with van der Waals surface area (Å²) in [5.74, 6) is 0.740. The average Bonchev–Trinajstić information content (AvgIpc) is 3.04. The molecule has 0 radical (unpaired) electrons. The van der Waals surface area contributed by atoms with E-state index in [-0.39, 0.29) is 18.3 Å². The molecule has 55 heavy (non-hydrogen) atoms. The van der Waals surface area contributed by atoms with Crippen molar-refractivity contribution in [2.45, 2.75) is 210 Å². The van der Waals surface area contributed by atoms with Crippen LogP contribution in [0.15, 0.2) is 23.3 Å². The van der Waals surface area contributed by atoms with E-state index in [1.165, 1.54) is 63.4 Å². The number of rotatable bonds is 26. The highest BCUT2D eigenvalue weighted by atomic mass is 19.4. The van der Waals surface area contributed by atoms with Crippen molar-refractivity contribution in [3.63, 3.8) is 0 Å². The molecule has 1 fully saturated rings. The molecule has 0 aromatic heterocycles. The first-order valence-electron chi connectivity index (χ1n) is 21.2. The van der Waals surface area contributed by atoms with Gasteiger partial charge in [-0.05, 0) is 89.9 Å². The Balaban J connectivity index is 0.00000108. The molecular formula is C45H82F6O4. The van der Waals surface area contributed by atoms with Gasteiger partial charge in [0.1, 0.15) is 13.2 Å². The van der Waals surface area contributed by atoms with Gasteiger partial charge in [-0.3, -0.25) is 0 Å². The topological polar surface area (TPSA) is 36.9 Å². The van der Waals surface area contributed by atoms with E-state index in [0.29, 0.717) is 11.8 Å². The van der Waals surface area contributed by atoms with Crippen molar-refractivity contribution < 1.29 is 45.3 Å². The van der Waals surface area contributed by atoms with Gasteiger partial charge in [-0.25, -0.2) is 0 Å². The van der Waals surface area contributed by atoms with Crippen LogP contribution in [0, 0.1) is 29.1 Å². The highest BCUT2D eigenvalue weighted by Gasteiger charge is 2.38. The normalized spacial score (nSPS) is 18.0. The van der Waals surface area contributed by atoms with Crippen LogP contribution in [0.25, 0.3) is 0 Å². The maximum Gasteiger partial charge on any atom is 0.411 e. The van der Waals surface area contributed by atoms with Gasteiger partial charge in [0.05, 0.1) is 13.2 Å². The lowest BCUT2D eigenvalue weighted by Gasteiger charge is -2.41. The molecule has 1 rings (SSSR count). The molecule has 0 amide bonds. The average molecular weight is 801 g/mol. The van der Waals surface area contributed by atoms with Crippen LogP contribution in [0.3, 0.4) is 0 Å². The van der Waals surface area contributed by atoms with Gasteiger partial charge in [0, 0.05) is 18.3 Å². The van der Waals surface area contributed by atoms with Crippen LogP contribution in [0.2, 0.25) is 0 Å². The molecule has 1 aliphatic heterocycles. The van der Waals surface area contributed by atoms with Crippen LogP contribution in [0.4, 0.5) is 26.3 Å². The summed E-state index contributed by atoms with van der Waals surface area (Å²) in [4.78, 5) is 0. The minimum atomic E-state index is -4.64. The summed E-state index contributed by atoms with van der Waals surface area (Å²) >= 11 is 0. The van der Waals surface area contributed by atoms with Gasteiger partial charge in [0.25, 0.3) is 0 Å². The Bertz CT molecular complexity index is 1020. The maximum absolute atomic E-state index is 12.4. The van der Waals surface area contributed by atoms with Crippen LogP contribution in [-0.2, 0) is 18.9 Å². The maximum atomic E-state index is 12.4. The number of hydrogen-bond donors (Lipinski definition) is 0. The number of allylic oxidation sites excluding steroid dienone is 4. The molecule has 0 aliphatic carbocycles. The fraction of sp³-hybridized carbons (Fsp3) is 0.911. The lowest BCUT2D eigenvalue weighted by atomic mass is 9.93. The molecule has 10 heteroatoms. The van der Waals surface area contributed by atoms with Crippen molar-refractivity contribution in [3.8, 4) is 0 Å². The smallest absolute Gasteiger partial charge is 0.350 e. The van der Waals surface area contributed by atoms with Crippen LogP contribution in [0.1, 0.15) is 186 Å². The Morgan fingerprint density at radius 3 is 1.38 bits per heavy atom. The first-order valence-corrected chi connectivity index (χ1v) is 21.2. The van der Waals surface area contributed by atoms with Crippen LogP contribution in [-0.4, -0.2) is 50.4 Å². The number of alkyl halides is 6. The van der Waals surface area contributed by atoms with Crippen molar-refractivity contribution in [2.75, 3.05) is 26.4 Å². The lowest BCUT2D eigenvalue weighted by molar-refractivity contribution is -0.305. The van der Waals surface area contributed by atoms with Gasteiger partial charge in [0.15, 0.2) is 11.6 Å². The Labute approximate surface area is 333 Å². The zero-order valence-corrected chi connectivity index (χ0v) is 37.0. The van der Waals surface area contributed by atoms with Gasteiger partial charge >= 0.3 is 12.4 Å². The molecule has 1 aliphatic rings. The second-order valence-electron chi connectivity index (χ2n) is 18.6. The molecule has 1 heterocycles. The standard InChI is InChI=1S/C23H44O2.C22H38F6O2/c1-19(2)11-8-12-20(3)13-9-14-21(4)15-10-16-23(7)24-17-22(5,6)18-25-23;1-17(2)9-6-10-18(3)11-7-12-19(4)13-8-14-20(5,29-15-21(23,24)25)30-16-22(26,27)28/h15,19-20H,8-14,16-18H2,1-7H3;13,17-18H,6-12,14-16H2,1-5H3/b21-15+;19-13-/t20-;/m1./s1. The Hall–Kier alpha value is -1.10. The molecule has 2 atom stereocenters. The summed E-state index contributed by atoms with van der Waals surface area (Å²) in [6, 6.07) is 0. The predicted molar refractivity (Wildman–Crippen MR) is 216 cm³/mol. The van der Waals surface area contributed by atoms with Crippen molar-refractivity contribution >= 4 is 0 Å². The second-order valence-corrected chi connectivity index (χ2v) is 18.6. The first-order chi connectivity index (χ1) is 25.2. The third-order valence-corrected chi connectivity index (χ3v) is 10.3. The van der Waals surface area contributed by atoms with E-state index in [9.17, 15) is 26.3 Å². The van der Waals surface area contributed by atoms with Gasteiger partial charge in [-0.2, -0.15) is 26.3 Å². The molecule has 328 valence electrons. The summed E-state index contributed by atoms with van der Waals surface area (Å²) in [6.07, 6.45) is 11.9. The molecule has 0 aromatic rings. The fourth-order valence-corrected chi connectivity index (χ4v) is 6.44. The Morgan fingerprint density at radius 1 is 0.618 bits per heavy atom. The molecular weight excluding hydrogens is 718 g/mol. The van der Waals surface area contributed by atoms with Gasteiger partial charge in [-0.1, -0.05) is 130 Å². The number of halogens is 6. The minimum absolute atomic E-state index is 0.0951. The SMILES string of the molecule is C/C(=C/CCC(C)(OCC(F)(F)F)OCC(F)(F)F)CCCC(C)CCCC(C)C.C/C(=C\CCC1(C)OCC(C)(C)CO1)CCC[C@H](C)CCCC(C)C. The summed E-state index contributed by atoms with van der Waals surface area (Å²) < 4.78 is 95.8. The van der Waals surface area contributed by atoms with Crippen molar-refractivity contribution in [1.82, 2.24) is 0 Å². The summed E-state index contributed by atoms with van der Waals surface area (Å²) in [5.41, 5.74) is 2.74. The third kappa shape index (κ3) is 32.5. The zero-order valence-electron chi connectivity index (χ0n) is 37.0. The van der Waals surface area contributed by atoms with E-state index in [1.807, 2.05) is 13.0 Å². The van der Waals surface area contributed by atoms with E-state index < -0.39 is 37.1 Å². The van der Waals surface area contributed by atoms with Crippen molar-refractivity contribution in [1.29, 1.82) is 0 Å². The fourth-order valence-electron chi connectivity index (χ4n) is 6.44. The van der Waals surface area contributed by atoms with Gasteiger partial charge in [0.2, 0.25) is 0 Å². The number of ether oxygens (including phenoxy) is 4. The molecule has 4 nitrogen and oxygen atoms in total. The molecule has 0 aromatic carbocycles. The third-order valence-electron chi connectivity index (χ3n) is 10.3. The molecule has 0 saturated carbocycles. The van der Waals surface area contributed by atoms with E-state index >= 15 is 0 Å². The Morgan fingerprint density at radius 2 is 1.00 bits per heavy atom. The Kier molecular flexibility index (Phi) is 26.3. The van der Waals surface area contributed by atoms with Gasteiger partial charge in [-0.15, -0.1) is 0 Å². The molecule has 1 unspecified atom stereocenters. The quantitative estimate of drug-likeness (QED) is 0.0496.